The Morgan fingerprint density at radius 3 is 2.50 bits per heavy atom. The van der Waals surface area contributed by atoms with Crippen LogP contribution in [-0.4, -0.2) is 35.2 Å². The molecule has 2 heterocycles. The van der Waals surface area contributed by atoms with Gasteiger partial charge >= 0.3 is 0 Å². The van der Waals surface area contributed by atoms with Gasteiger partial charge in [0.15, 0.2) is 0 Å². The van der Waals surface area contributed by atoms with Crippen LogP contribution in [0.3, 0.4) is 0 Å². The zero-order chi connectivity index (χ0) is 17.1. The van der Waals surface area contributed by atoms with E-state index in [0.717, 1.165) is 35.9 Å². The topological polar surface area (TPSA) is 12.5 Å². The summed E-state index contributed by atoms with van der Waals surface area (Å²) in [4.78, 5) is 3.08. The van der Waals surface area contributed by atoms with Crippen molar-refractivity contribution in [1.29, 1.82) is 0 Å². The average molecular weight is 352 g/mol. The number of hydrogen-bond donors (Lipinski definition) is 0. The molecule has 2 saturated heterocycles. The second-order valence-corrected chi connectivity index (χ2v) is 9.75. The molecule has 6 rings (SSSR count). The minimum atomic E-state index is 0.541. The van der Waals surface area contributed by atoms with Gasteiger partial charge in [0.2, 0.25) is 0 Å². The summed E-state index contributed by atoms with van der Waals surface area (Å²) in [5.74, 6) is 2.66. The van der Waals surface area contributed by atoms with Gasteiger partial charge in [-0.2, -0.15) is 0 Å². The molecule has 5 fully saturated rings. The molecule has 0 amide bonds. The van der Waals surface area contributed by atoms with E-state index in [1.165, 1.54) is 64.2 Å². The molecule has 26 heavy (non-hydrogen) atoms. The van der Waals surface area contributed by atoms with E-state index in [0.29, 0.717) is 12.2 Å². The number of hydrogen-bond acceptors (Lipinski definition) is 2. The predicted octanol–water partition coefficient (Wildman–Crippen LogP) is 5.13. The third-order valence-corrected chi connectivity index (χ3v) is 8.66. The van der Waals surface area contributed by atoms with Gasteiger partial charge < -0.3 is 4.74 Å². The summed E-state index contributed by atoms with van der Waals surface area (Å²) in [5, 5.41) is 0. The molecule has 8 unspecified atom stereocenters. The lowest BCUT2D eigenvalue weighted by molar-refractivity contribution is -0.177. The number of fused-ring (bicyclic) bond motifs is 5. The molecule has 0 N–H and O–H groups in total. The molecule has 1 aromatic rings. The zero-order valence-corrected chi connectivity index (χ0v) is 15.9. The Morgan fingerprint density at radius 1 is 0.731 bits per heavy atom. The Bertz CT molecular complexity index is 645. The molecule has 1 aromatic carbocycles. The highest BCUT2D eigenvalue weighted by Gasteiger charge is 2.59. The van der Waals surface area contributed by atoms with E-state index in [4.69, 9.17) is 4.74 Å². The summed E-state index contributed by atoms with van der Waals surface area (Å²) < 4.78 is 6.75. The van der Waals surface area contributed by atoms with Crippen molar-refractivity contribution in [3.63, 3.8) is 0 Å². The molecular weight excluding hydrogens is 318 g/mol. The van der Waals surface area contributed by atoms with Crippen molar-refractivity contribution in [3.8, 4) is 0 Å². The first-order valence-corrected chi connectivity index (χ1v) is 11.4. The molecule has 0 radical (unpaired) electrons. The largest absolute Gasteiger partial charge is 0.372 e. The highest BCUT2D eigenvalue weighted by molar-refractivity contribution is 5.22. The molecule has 3 aliphatic carbocycles. The summed E-state index contributed by atoms with van der Waals surface area (Å²) >= 11 is 0. The third kappa shape index (κ3) is 2.37. The Hall–Kier alpha value is -0.860. The predicted molar refractivity (Wildman–Crippen MR) is 104 cm³/mol. The smallest absolute Gasteiger partial charge is 0.0737 e. The Kier molecular flexibility index (Phi) is 3.93. The van der Waals surface area contributed by atoms with Gasteiger partial charge in [-0.15, -0.1) is 0 Å². The molecule has 0 bridgehead atoms. The lowest BCUT2D eigenvalue weighted by atomic mass is 9.69. The Balaban J connectivity index is 1.34. The highest BCUT2D eigenvalue weighted by Crippen LogP contribution is 2.56. The van der Waals surface area contributed by atoms with Gasteiger partial charge in [0, 0.05) is 18.1 Å². The molecule has 3 saturated carbocycles. The first kappa shape index (κ1) is 16.1. The molecule has 0 aromatic heterocycles. The quantitative estimate of drug-likeness (QED) is 0.695. The molecule has 2 nitrogen and oxygen atoms in total. The average Bonchev–Trinajstić information content (AvgIpc) is 3.05. The van der Waals surface area contributed by atoms with E-state index < -0.39 is 0 Å². The van der Waals surface area contributed by atoms with Crippen LogP contribution in [-0.2, 0) is 4.74 Å². The number of ether oxygens (including phenoxy) is 1. The molecule has 140 valence electrons. The molecule has 0 spiro atoms. The lowest BCUT2D eigenvalue weighted by Crippen LogP contribution is -2.63. The van der Waals surface area contributed by atoms with Crippen LogP contribution in [0.5, 0.6) is 0 Å². The van der Waals surface area contributed by atoms with E-state index in [1.54, 1.807) is 5.56 Å². The zero-order valence-electron chi connectivity index (χ0n) is 15.9. The number of rotatable bonds is 1. The minimum Gasteiger partial charge on any atom is -0.372 e. The van der Waals surface area contributed by atoms with Gasteiger partial charge in [-0.25, -0.2) is 0 Å². The maximum absolute atomic E-state index is 6.75. The SMILES string of the molecule is c1ccc(C2CCC3C4CCCC5OC6CCCCC6N(C3C2)C54)cc1. The molecule has 5 aliphatic rings. The van der Waals surface area contributed by atoms with Gasteiger partial charge in [-0.05, 0) is 68.3 Å². The van der Waals surface area contributed by atoms with Crippen LogP contribution < -0.4 is 0 Å². The van der Waals surface area contributed by atoms with Crippen molar-refractivity contribution in [3.05, 3.63) is 35.9 Å². The molecule has 8 atom stereocenters. The number of benzene rings is 1. The summed E-state index contributed by atoms with van der Waals surface area (Å²) in [5.41, 5.74) is 1.59. The standard InChI is InChI=1S/C24H33NO/c1-2-7-16(8-3-1)17-13-14-18-19-9-6-12-23-24(19)25(21(18)15-17)20-10-4-5-11-22(20)26-23/h1-3,7-8,17-24H,4-6,9-15H2. The molecule has 2 aliphatic heterocycles. The van der Waals surface area contributed by atoms with E-state index in [1.807, 2.05) is 0 Å². The fourth-order valence-electron chi connectivity index (χ4n) is 7.73. The maximum Gasteiger partial charge on any atom is 0.0737 e. The van der Waals surface area contributed by atoms with Crippen LogP contribution in [0.15, 0.2) is 30.3 Å². The maximum atomic E-state index is 6.75. The van der Waals surface area contributed by atoms with Crippen LogP contribution in [0.25, 0.3) is 0 Å². The fourth-order valence-corrected chi connectivity index (χ4v) is 7.73. The monoisotopic (exact) mass is 351 g/mol. The first-order valence-electron chi connectivity index (χ1n) is 11.4. The van der Waals surface area contributed by atoms with Crippen LogP contribution in [0.2, 0.25) is 0 Å². The number of morpholine rings is 1. The summed E-state index contributed by atoms with van der Waals surface area (Å²) in [6.07, 6.45) is 15.0. The normalized spacial score (nSPS) is 47.7. The molecular formula is C24H33NO. The van der Waals surface area contributed by atoms with Crippen molar-refractivity contribution < 1.29 is 4.74 Å². The van der Waals surface area contributed by atoms with Gasteiger partial charge in [-0.3, -0.25) is 4.90 Å². The Morgan fingerprint density at radius 2 is 1.58 bits per heavy atom. The Labute approximate surface area is 158 Å². The van der Waals surface area contributed by atoms with Crippen molar-refractivity contribution in [1.82, 2.24) is 4.90 Å². The van der Waals surface area contributed by atoms with Crippen LogP contribution in [0.1, 0.15) is 75.7 Å². The fraction of sp³-hybridized carbons (Fsp3) is 0.750. The van der Waals surface area contributed by atoms with Gasteiger partial charge in [0.05, 0.1) is 12.2 Å². The second-order valence-electron chi connectivity index (χ2n) is 9.75. The van der Waals surface area contributed by atoms with Gasteiger partial charge in [0.25, 0.3) is 0 Å². The first-order chi connectivity index (χ1) is 12.9. The van der Waals surface area contributed by atoms with E-state index in [-0.39, 0.29) is 0 Å². The van der Waals surface area contributed by atoms with E-state index in [9.17, 15) is 0 Å². The molecule has 2 heteroatoms. The lowest BCUT2D eigenvalue weighted by Gasteiger charge is -2.53. The van der Waals surface area contributed by atoms with Crippen LogP contribution >= 0.6 is 0 Å². The minimum absolute atomic E-state index is 0.541. The van der Waals surface area contributed by atoms with Gasteiger partial charge in [-0.1, -0.05) is 49.6 Å². The van der Waals surface area contributed by atoms with Crippen molar-refractivity contribution in [2.75, 3.05) is 0 Å². The van der Waals surface area contributed by atoms with Gasteiger partial charge in [0.1, 0.15) is 0 Å². The summed E-state index contributed by atoms with van der Waals surface area (Å²) in [7, 11) is 0. The summed E-state index contributed by atoms with van der Waals surface area (Å²) in [6.45, 7) is 0. The highest BCUT2D eigenvalue weighted by atomic mass is 16.5. The third-order valence-electron chi connectivity index (χ3n) is 8.66. The number of nitrogens with zero attached hydrogens (tertiary/aromatic N) is 1. The van der Waals surface area contributed by atoms with E-state index >= 15 is 0 Å². The van der Waals surface area contributed by atoms with Crippen LogP contribution in [0, 0.1) is 11.8 Å². The summed E-state index contributed by atoms with van der Waals surface area (Å²) in [6, 6.07) is 13.7. The van der Waals surface area contributed by atoms with Crippen molar-refractivity contribution >= 4 is 0 Å². The van der Waals surface area contributed by atoms with E-state index in [2.05, 4.69) is 35.2 Å². The van der Waals surface area contributed by atoms with Crippen molar-refractivity contribution in [2.24, 2.45) is 11.8 Å². The van der Waals surface area contributed by atoms with Crippen molar-refractivity contribution in [2.45, 2.75) is 100 Å². The second kappa shape index (κ2) is 6.34. The van der Waals surface area contributed by atoms with Crippen LogP contribution in [0.4, 0.5) is 0 Å².